The Bertz CT molecular complexity index is 671. The molecule has 0 spiro atoms. The van der Waals surface area contributed by atoms with Crippen LogP contribution in [0.5, 0.6) is 0 Å². The second-order valence-electron chi connectivity index (χ2n) is 5.47. The molecule has 0 saturated heterocycles. The van der Waals surface area contributed by atoms with Crippen LogP contribution in [0.2, 0.25) is 0 Å². The van der Waals surface area contributed by atoms with Crippen molar-refractivity contribution < 1.29 is 4.74 Å². The minimum Gasteiger partial charge on any atom is -0.469 e. The summed E-state index contributed by atoms with van der Waals surface area (Å²) in [6.45, 7) is 0. The monoisotopic (exact) mass is 260 g/mol. The van der Waals surface area contributed by atoms with E-state index in [1.807, 2.05) is 6.26 Å². The maximum absolute atomic E-state index is 5.54. The topological polar surface area (TPSA) is 9.23 Å². The van der Waals surface area contributed by atoms with Gasteiger partial charge in [-0.3, -0.25) is 0 Å². The second-order valence-corrected chi connectivity index (χ2v) is 5.47. The zero-order valence-electron chi connectivity index (χ0n) is 11.2. The van der Waals surface area contributed by atoms with Gasteiger partial charge in [0, 0.05) is 11.8 Å². The van der Waals surface area contributed by atoms with Crippen LogP contribution < -0.4 is 0 Å². The van der Waals surface area contributed by atoms with Gasteiger partial charge in [0.15, 0.2) is 0 Å². The maximum atomic E-state index is 5.54. The lowest BCUT2D eigenvalue weighted by Crippen LogP contribution is -2.18. The molecule has 2 aliphatic carbocycles. The molecule has 0 unspecified atom stereocenters. The molecular weight excluding hydrogens is 244 g/mol. The molecule has 98 valence electrons. The van der Waals surface area contributed by atoms with Gasteiger partial charge >= 0.3 is 0 Å². The summed E-state index contributed by atoms with van der Waals surface area (Å²) in [5.41, 5.74) is 4.13. The fraction of sp³-hybridized carbons (Fsp3) is 0.158. The van der Waals surface area contributed by atoms with Gasteiger partial charge < -0.3 is 4.74 Å². The van der Waals surface area contributed by atoms with Gasteiger partial charge in [0.2, 0.25) is 0 Å². The Morgan fingerprint density at radius 2 is 1.85 bits per heavy atom. The van der Waals surface area contributed by atoms with Crippen molar-refractivity contribution in [1.29, 1.82) is 0 Å². The third-order valence-electron chi connectivity index (χ3n) is 4.16. The number of allylic oxidation sites excluding steroid dienone is 8. The first-order valence-corrected chi connectivity index (χ1v) is 7.08. The maximum Gasteiger partial charge on any atom is 0.111 e. The van der Waals surface area contributed by atoms with Crippen molar-refractivity contribution >= 4 is 0 Å². The molecule has 0 aromatic heterocycles. The quantitative estimate of drug-likeness (QED) is 0.769. The highest BCUT2D eigenvalue weighted by atomic mass is 16.5. The van der Waals surface area contributed by atoms with Crippen LogP contribution in [0.3, 0.4) is 0 Å². The van der Waals surface area contributed by atoms with Crippen LogP contribution in [0, 0.1) is 11.8 Å². The van der Waals surface area contributed by atoms with E-state index < -0.39 is 0 Å². The van der Waals surface area contributed by atoms with Crippen molar-refractivity contribution in [3.63, 3.8) is 0 Å². The highest BCUT2D eigenvalue weighted by Crippen LogP contribution is 2.40. The summed E-state index contributed by atoms with van der Waals surface area (Å²) in [6.07, 6.45) is 16.1. The zero-order chi connectivity index (χ0) is 13.4. The molecule has 1 aliphatic heterocycles. The van der Waals surface area contributed by atoms with E-state index in [0.29, 0.717) is 11.8 Å². The Labute approximate surface area is 119 Å². The van der Waals surface area contributed by atoms with Gasteiger partial charge in [-0.15, -0.1) is 0 Å². The minimum absolute atomic E-state index is 0.380. The zero-order valence-corrected chi connectivity index (χ0v) is 11.2. The van der Waals surface area contributed by atoms with Crippen molar-refractivity contribution in [3.8, 4) is 0 Å². The van der Waals surface area contributed by atoms with Gasteiger partial charge in [-0.2, -0.15) is 0 Å². The summed E-state index contributed by atoms with van der Waals surface area (Å²) in [5, 5.41) is 0. The summed E-state index contributed by atoms with van der Waals surface area (Å²) in [7, 11) is 0. The predicted molar refractivity (Wildman–Crippen MR) is 80.7 cm³/mol. The molecule has 20 heavy (non-hydrogen) atoms. The number of benzene rings is 1. The number of hydrogen-bond donors (Lipinski definition) is 0. The predicted octanol–water partition coefficient (Wildman–Crippen LogP) is 4.33. The molecule has 1 aromatic carbocycles. The molecule has 1 aromatic rings. The van der Waals surface area contributed by atoms with E-state index >= 15 is 0 Å². The standard InChI is InChI=1S/C19H16O/c1-2-4-14(5-3-1)12-15-6-7-16-8-9-19-17(10-11-20-19)18(16)13-15/h1-11,13,17-18H,12H2/t17-,18+/m1/s1. The smallest absolute Gasteiger partial charge is 0.111 e. The van der Waals surface area contributed by atoms with Crippen LogP contribution in [0.25, 0.3) is 0 Å². The van der Waals surface area contributed by atoms with Crippen molar-refractivity contribution in [1.82, 2.24) is 0 Å². The van der Waals surface area contributed by atoms with E-state index in [2.05, 4.69) is 66.8 Å². The lowest BCUT2D eigenvalue weighted by atomic mass is 9.77. The molecule has 0 saturated carbocycles. The molecule has 1 nitrogen and oxygen atoms in total. The van der Waals surface area contributed by atoms with Gasteiger partial charge in [0.1, 0.15) is 5.76 Å². The highest BCUT2D eigenvalue weighted by molar-refractivity contribution is 5.47. The van der Waals surface area contributed by atoms with E-state index in [4.69, 9.17) is 4.74 Å². The van der Waals surface area contributed by atoms with Crippen LogP contribution in [0.4, 0.5) is 0 Å². The van der Waals surface area contributed by atoms with Crippen LogP contribution in [0.15, 0.2) is 90.0 Å². The summed E-state index contributed by atoms with van der Waals surface area (Å²) < 4.78 is 5.54. The molecule has 1 heteroatoms. The highest BCUT2D eigenvalue weighted by Gasteiger charge is 2.31. The van der Waals surface area contributed by atoms with Crippen LogP contribution >= 0.6 is 0 Å². The average Bonchev–Trinajstić information content (AvgIpc) is 2.97. The molecule has 0 radical (unpaired) electrons. The molecule has 2 atom stereocenters. The van der Waals surface area contributed by atoms with E-state index in [1.54, 1.807) is 0 Å². The number of rotatable bonds is 2. The number of ether oxygens (including phenoxy) is 1. The van der Waals surface area contributed by atoms with E-state index in [9.17, 15) is 0 Å². The Kier molecular flexibility index (Phi) is 2.70. The third-order valence-corrected chi connectivity index (χ3v) is 4.16. The molecule has 0 fully saturated rings. The number of fused-ring (bicyclic) bond motifs is 3. The molecule has 3 aliphatic rings. The average molecular weight is 260 g/mol. The normalized spacial score (nSPS) is 26.1. The summed E-state index contributed by atoms with van der Waals surface area (Å²) in [5.74, 6) is 1.88. The van der Waals surface area contributed by atoms with Gasteiger partial charge in [0.25, 0.3) is 0 Å². The first-order chi connectivity index (χ1) is 9.90. The SMILES string of the molecule is C1=C[C@H]2C(=CC=C3C=CC(Cc4ccccc4)=C[C@@H]32)O1. The Morgan fingerprint density at radius 3 is 2.75 bits per heavy atom. The fourth-order valence-electron chi connectivity index (χ4n) is 3.13. The molecule has 0 N–H and O–H groups in total. The van der Waals surface area contributed by atoms with E-state index in [0.717, 1.165) is 12.2 Å². The third kappa shape index (κ3) is 1.96. The molecular formula is C19H16O. The van der Waals surface area contributed by atoms with E-state index in [-0.39, 0.29) is 0 Å². The molecule has 0 bridgehead atoms. The first-order valence-electron chi connectivity index (χ1n) is 7.08. The lowest BCUT2D eigenvalue weighted by Gasteiger charge is -2.27. The fourth-order valence-corrected chi connectivity index (χ4v) is 3.13. The second kappa shape index (κ2) is 4.68. The Hall–Kier alpha value is -2.28. The summed E-state index contributed by atoms with van der Waals surface area (Å²) in [4.78, 5) is 0. The minimum atomic E-state index is 0.380. The molecule has 4 rings (SSSR count). The Morgan fingerprint density at radius 1 is 0.950 bits per heavy atom. The lowest BCUT2D eigenvalue weighted by molar-refractivity contribution is 0.327. The van der Waals surface area contributed by atoms with Crippen molar-refractivity contribution in [2.24, 2.45) is 11.8 Å². The first kappa shape index (κ1) is 11.5. The van der Waals surface area contributed by atoms with Gasteiger partial charge in [0.05, 0.1) is 6.26 Å². The summed E-state index contributed by atoms with van der Waals surface area (Å²) in [6, 6.07) is 10.6. The van der Waals surface area contributed by atoms with Gasteiger partial charge in [-0.05, 0) is 35.3 Å². The van der Waals surface area contributed by atoms with Crippen LogP contribution in [0.1, 0.15) is 5.56 Å². The van der Waals surface area contributed by atoms with Crippen LogP contribution in [-0.2, 0) is 11.2 Å². The van der Waals surface area contributed by atoms with Gasteiger partial charge in [-0.25, -0.2) is 0 Å². The molecule has 1 heterocycles. The molecule has 0 amide bonds. The largest absolute Gasteiger partial charge is 0.469 e. The van der Waals surface area contributed by atoms with Crippen molar-refractivity contribution in [2.75, 3.05) is 0 Å². The number of hydrogen-bond acceptors (Lipinski definition) is 1. The van der Waals surface area contributed by atoms with E-state index in [1.165, 1.54) is 16.7 Å². The summed E-state index contributed by atoms with van der Waals surface area (Å²) >= 11 is 0. The van der Waals surface area contributed by atoms with Crippen molar-refractivity contribution in [3.05, 3.63) is 95.5 Å². The van der Waals surface area contributed by atoms with Crippen molar-refractivity contribution in [2.45, 2.75) is 6.42 Å². The Balaban J connectivity index is 1.62. The van der Waals surface area contributed by atoms with Gasteiger partial charge in [-0.1, -0.05) is 54.6 Å². The van der Waals surface area contributed by atoms with Crippen LogP contribution in [-0.4, -0.2) is 0 Å².